The van der Waals surface area contributed by atoms with Crippen LogP contribution in [0.4, 0.5) is 10.5 Å². The molecule has 1 aromatic carbocycles. The average Bonchev–Trinajstić information content (AvgIpc) is 2.61. The van der Waals surface area contributed by atoms with Crippen molar-refractivity contribution in [2.75, 3.05) is 5.32 Å². The number of benzene rings is 1. The van der Waals surface area contributed by atoms with Gasteiger partial charge < -0.3 is 10.6 Å². The van der Waals surface area contributed by atoms with Crippen LogP contribution in [0.3, 0.4) is 0 Å². The fourth-order valence-electron chi connectivity index (χ4n) is 1.82. The van der Waals surface area contributed by atoms with Crippen LogP contribution < -0.4 is 10.6 Å². The molecule has 1 aromatic rings. The zero-order chi connectivity index (χ0) is 16.0. The number of hydrogen-bond acceptors (Lipinski definition) is 3. The highest BCUT2D eigenvalue weighted by molar-refractivity contribution is 7.74. The Morgan fingerprint density at radius 2 is 1.95 bits per heavy atom. The Kier molecular flexibility index (Phi) is 5.26. The normalized spacial score (nSPS) is 21.6. The molecule has 0 saturated heterocycles. The van der Waals surface area contributed by atoms with E-state index in [4.69, 9.17) is 8.74 Å². The first kappa shape index (κ1) is 16.2. The fourth-order valence-corrected chi connectivity index (χ4v) is 2.23. The van der Waals surface area contributed by atoms with E-state index in [1.807, 2.05) is 18.2 Å². The highest BCUT2D eigenvalue weighted by atomic mass is 32.2. The van der Waals surface area contributed by atoms with Crippen molar-refractivity contribution in [2.24, 2.45) is 0 Å². The van der Waals surface area contributed by atoms with Crippen molar-refractivity contribution in [3.63, 3.8) is 0 Å². The van der Waals surface area contributed by atoms with Gasteiger partial charge in [-0.25, -0.2) is 4.79 Å². The van der Waals surface area contributed by atoms with E-state index < -0.39 is 17.0 Å². The molecule has 2 unspecified atom stereocenters. The second-order valence-corrected chi connectivity index (χ2v) is 5.34. The molecule has 0 heterocycles. The van der Waals surface area contributed by atoms with Crippen molar-refractivity contribution in [3.05, 3.63) is 66.4 Å². The molecular formula is C15H16N2O4S. The molecule has 1 aliphatic rings. The quantitative estimate of drug-likeness (QED) is 0.744. The lowest BCUT2D eigenvalue weighted by molar-refractivity contribution is 0.195. The topological polar surface area (TPSA) is 87.7 Å². The maximum atomic E-state index is 11.9. The second-order valence-electron chi connectivity index (χ2n) is 4.74. The van der Waals surface area contributed by atoms with E-state index in [0.717, 1.165) is 0 Å². The Morgan fingerprint density at radius 1 is 1.23 bits per heavy atom. The largest absolute Gasteiger partial charge is 0.323 e. The molecule has 0 radical (unpaired) electrons. The van der Waals surface area contributed by atoms with E-state index in [-0.39, 0.29) is 6.03 Å². The first-order chi connectivity index (χ1) is 10.5. The summed E-state index contributed by atoms with van der Waals surface area (Å²) in [5.74, 6) is 0. The van der Waals surface area contributed by atoms with Gasteiger partial charge in [-0.1, -0.05) is 24.3 Å². The number of allylic oxidation sites excluding steroid dienone is 3. The number of amides is 2. The van der Waals surface area contributed by atoms with Crippen LogP contribution in [0.25, 0.3) is 0 Å². The molecule has 22 heavy (non-hydrogen) atoms. The molecular weight excluding hydrogens is 304 g/mol. The summed E-state index contributed by atoms with van der Waals surface area (Å²) in [6.45, 7) is 1.63. The fraction of sp³-hybridized carbons (Fsp3) is 0.133. The standard InChI is InChI=1S/C15H16N2O4S/c1-15(21-22(19)20)10-5-8-13(9-11-15)17-14(18)16-12-6-3-2-4-7-12/h2-11H,1H3,(H,19,20)(H2,16,17,18). The van der Waals surface area contributed by atoms with E-state index in [9.17, 15) is 9.00 Å². The molecule has 2 amide bonds. The lowest BCUT2D eigenvalue weighted by Gasteiger charge is -2.18. The van der Waals surface area contributed by atoms with Crippen molar-refractivity contribution in [1.29, 1.82) is 0 Å². The number of nitrogens with one attached hydrogen (secondary N) is 2. The van der Waals surface area contributed by atoms with E-state index >= 15 is 0 Å². The first-order valence-electron chi connectivity index (χ1n) is 6.49. The zero-order valence-electron chi connectivity index (χ0n) is 11.9. The number of urea groups is 1. The third-order valence-corrected chi connectivity index (χ3v) is 3.34. The molecule has 116 valence electrons. The molecule has 0 saturated carbocycles. The predicted molar refractivity (Wildman–Crippen MR) is 85.2 cm³/mol. The Labute approximate surface area is 131 Å². The highest BCUT2D eigenvalue weighted by Crippen LogP contribution is 2.19. The molecule has 2 rings (SSSR count). The van der Waals surface area contributed by atoms with Gasteiger partial charge >= 0.3 is 17.4 Å². The second kappa shape index (κ2) is 7.17. The van der Waals surface area contributed by atoms with Crippen molar-refractivity contribution >= 4 is 23.1 Å². The first-order valence-corrected chi connectivity index (χ1v) is 7.52. The van der Waals surface area contributed by atoms with Gasteiger partial charge in [0.25, 0.3) is 0 Å². The summed E-state index contributed by atoms with van der Waals surface area (Å²) < 4.78 is 24.5. The van der Waals surface area contributed by atoms with Crippen LogP contribution >= 0.6 is 0 Å². The summed E-state index contributed by atoms with van der Waals surface area (Å²) in [5.41, 5.74) is 0.188. The van der Waals surface area contributed by atoms with E-state index in [1.54, 1.807) is 49.4 Å². The third-order valence-electron chi connectivity index (χ3n) is 2.84. The zero-order valence-corrected chi connectivity index (χ0v) is 12.7. The van der Waals surface area contributed by atoms with E-state index in [0.29, 0.717) is 11.4 Å². The average molecular weight is 320 g/mol. The number of carbonyl (C=O) groups excluding carboxylic acids is 1. The molecule has 0 aliphatic heterocycles. The van der Waals surface area contributed by atoms with Crippen LogP contribution in [-0.4, -0.2) is 20.4 Å². The van der Waals surface area contributed by atoms with Crippen LogP contribution in [0.2, 0.25) is 0 Å². The predicted octanol–water partition coefficient (Wildman–Crippen LogP) is 2.73. The number of para-hydroxylation sites is 1. The summed E-state index contributed by atoms with van der Waals surface area (Å²) >= 11 is -2.38. The van der Waals surface area contributed by atoms with Crippen molar-refractivity contribution in [3.8, 4) is 0 Å². The van der Waals surface area contributed by atoms with E-state index in [2.05, 4.69) is 10.6 Å². The summed E-state index contributed by atoms with van der Waals surface area (Å²) in [6.07, 6.45) is 8.11. The molecule has 0 spiro atoms. The van der Waals surface area contributed by atoms with E-state index in [1.165, 1.54) is 0 Å². The molecule has 2 atom stereocenters. The van der Waals surface area contributed by atoms with Crippen molar-refractivity contribution in [2.45, 2.75) is 12.5 Å². The Balaban J connectivity index is 1.98. The maximum absolute atomic E-state index is 11.9. The van der Waals surface area contributed by atoms with Crippen LogP contribution in [0, 0.1) is 0 Å². The van der Waals surface area contributed by atoms with Crippen LogP contribution in [0.1, 0.15) is 6.92 Å². The van der Waals surface area contributed by atoms with Gasteiger partial charge in [0.2, 0.25) is 0 Å². The molecule has 6 nitrogen and oxygen atoms in total. The van der Waals surface area contributed by atoms with Crippen molar-refractivity contribution < 1.29 is 17.7 Å². The Hall–Kier alpha value is -2.22. The molecule has 0 aromatic heterocycles. The van der Waals surface area contributed by atoms with Crippen LogP contribution in [0.5, 0.6) is 0 Å². The molecule has 0 bridgehead atoms. The maximum Gasteiger partial charge on any atom is 0.323 e. The molecule has 3 N–H and O–H groups in total. The smallest absolute Gasteiger partial charge is 0.308 e. The molecule has 1 aliphatic carbocycles. The van der Waals surface area contributed by atoms with Gasteiger partial charge in [0.15, 0.2) is 0 Å². The summed E-state index contributed by atoms with van der Waals surface area (Å²) in [7, 11) is 0. The Morgan fingerprint density at radius 3 is 2.64 bits per heavy atom. The van der Waals surface area contributed by atoms with Gasteiger partial charge in [0.05, 0.1) is 0 Å². The van der Waals surface area contributed by atoms with Gasteiger partial charge in [-0.2, -0.15) is 4.21 Å². The SMILES string of the molecule is CC1(OS(=O)O)C=CC=C(NC(=O)Nc2ccccc2)C=C1. The minimum absolute atomic E-state index is 0.384. The summed E-state index contributed by atoms with van der Waals surface area (Å²) in [6, 6.07) is 8.67. The third kappa shape index (κ3) is 4.96. The summed E-state index contributed by atoms with van der Waals surface area (Å²) in [5, 5.41) is 5.37. The highest BCUT2D eigenvalue weighted by Gasteiger charge is 2.22. The monoisotopic (exact) mass is 320 g/mol. The Bertz CT molecular complexity index is 655. The number of hydrogen-bond donors (Lipinski definition) is 3. The minimum atomic E-state index is -2.38. The lowest BCUT2D eigenvalue weighted by atomic mass is 10.1. The number of anilines is 1. The van der Waals surface area contributed by atoms with Gasteiger partial charge in [0.1, 0.15) is 5.60 Å². The van der Waals surface area contributed by atoms with Crippen molar-refractivity contribution in [1.82, 2.24) is 5.32 Å². The number of carbonyl (C=O) groups is 1. The van der Waals surface area contributed by atoms with Gasteiger partial charge in [-0.15, -0.1) is 0 Å². The van der Waals surface area contributed by atoms with Gasteiger partial charge in [0, 0.05) is 11.4 Å². The molecule has 0 fully saturated rings. The van der Waals surface area contributed by atoms with Gasteiger partial charge in [-0.05, 0) is 43.4 Å². The van der Waals surface area contributed by atoms with Crippen LogP contribution in [-0.2, 0) is 15.5 Å². The van der Waals surface area contributed by atoms with Crippen LogP contribution in [0.15, 0.2) is 66.4 Å². The lowest BCUT2D eigenvalue weighted by Crippen LogP contribution is -2.28. The summed E-state index contributed by atoms with van der Waals surface area (Å²) in [4.78, 5) is 11.9. The number of rotatable bonds is 4. The minimum Gasteiger partial charge on any atom is -0.308 e. The molecule has 7 heteroatoms. The van der Waals surface area contributed by atoms with Gasteiger partial charge in [-0.3, -0.25) is 8.74 Å².